The molecule has 18 heteroatoms. The number of alkyl halides is 3. The number of hydrogen-bond acceptors (Lipinski definition) is 11. The molecular weight excluding hydrogens is 663 g/mol. The fourth-order valence-electron chi connectivity index (χ4n) is 3.85. The molecule has 244 valence electrons. The summed E-state index contributed by atoms with van der Waals surface area (Å²) in [5.74, 6) is -0.453. The summed E-state index contributed by atoms with van der Waals surface area (Å²) in [6, 6.07) is 14.4. The SMILES string of the molecule is CC1(C)N=C(N)N=C(N)N1c1ccc(OCc2ccc(S(=O)(=O)Oc3ccccc3C(F)(F)F)cc2)c(Cl)c1.CCS(=O)(=O)O. The summed E-state index contributed by atoms with van der Waals surface area (Å²) >= 11 is 6.42. The highest BCUT2D eigenvalue weighted by Gasteiger charge is 2.36. The van der Waals surface area contributed by atoms with Crippen LogP contribution in [-0.4, -0.2) is 44.7 Å². The first kappa shape index (κ1) is 35.4. The Kier molecular flexibility index (Phi) is 10.6. The average Bonchev–Trinajstić information content (AvgIpc) is 2.91. The summed E-state index contributed by atoms with van der Waals surface area (Å²) in [5.41, 5.74) is 10.9. The van der Waals surface area contributed by atoms with E-state index in [0.29, 0.717) is 17.0 Å². The normalized spacial score (nSPS) is 14.9. The van der Waals surface area contributed by atoms with Crippen molar-refractivity contribution in [2.45, 2.75) is 44.1 Å². The highest BCUT2D eigenvalue weighted by molar-refractivity contribution is 7.87. The first-order valence-corrected chi connectivity index (χ1v) is 16.2. The molecule has 0 radical (unpaired) electrons. The van der Waals surface area contributed by atoms with Crippen LogP contribution in [0.3, 0.4) is 0 Å². The van der Waals surface area contributed by atoms with Crippen molar-refractivity contribution in [2.24, 2.45) is 21.5 Å². The number of anilines is 1. The number of rotatable bonds is 8. The molecule has 0 aliphatic carbocycles. The topological polar surface area (TPSA) is 187 Å². The van der Waals surface area contributed by atoms with Gasteiger partial charge in [0.05, 0.1) is 16.3 Å². The van der Waals surface area contributed by atoms with Crippen molar-refractivity contribution >= 4 is 49.4 Å². The molecule has 1 aliphatic rings. The fourth-order valence-corrected chi connectivity index (χ4v) is 5.03. The van der Waals surface area contributed by atoms with Crippen LogP contribution in [0.4, 0.5) is 18.9 Å². The molecule has 0 fully saturated rings. The van der Waals surface area contributed by atoms with Crippen LogP contribution in [-0.2, 0) is 33.0 Å². The van der Waals surface area contributed by atoms with Crippen molar-refractivity contribution in [3.63, 3.8) is 0 Å². The van der Waals surface area contributed by atoms with E-state index in [-0.39, 0.29) is 34.2 Å². The monoisotopic (exact) mass is 691 g/mol. The van der Waals surface area contributed by atoms with Crippen LogP contribution < -0.4 is 25.3 Å². The lowest BCUT2D eigenvalue weighted by Crippen LogP contribution is -2.54. The molecular formula is C27H29ClF3N5O7S2. The van der Waals surface area contributed by atoms with Crippen LogP contribution in [0.2, 0.25) is 5.02 Å². The first-order chi connectivity index (χ1) is 20.7. The molecule has 45 heavy (non-hydrogen) atoms. The van der Waals surface area contributed by atoms with E-state index in [2.05, 4.69) is 9.98 Å². The fraction of sp³-hybridized carbons (Fsp3) is 0.259. The number of hydrogen-bond donors (Lipinski definition) is 3. The summed E-state index contributed by atoms with van der Waals surface area (Å²) in [6.45, 7) is 5.01. The van der Waals surface area contributed by atoms with E-state index in [9.17, 15) is 30.0 Å². The minimum absolute atomic E-state index is 0.0246. The lowest BCUT2D eigenvalue weighted by atomic mass is 10.1. The Morgan fingerprint density at radius 3 is 2.11 bits per heavy atom. The third-order valence-electron chi connectivity index (χ3n) is 5.93. The van der Waals surface area contributed by atoms with Crippen LogP contribution in [0.1, 0.15) is 31.9 Å². The smallest absolute Gasteiger partial charge is 0.420 e. The largest absolute Gasteiger partial charge is 0.487 e. The van der Waals surface area contributed by atoms with Gasteiger partial charge in [-0.15, -0.1) is 0 Å². The summed E-state index contributed by atoms with van der Waals surface area (Å²) in [5, 5.41) is 0.273. The Morgan fingerprint density at radius 1 is 0.978 bits per heavy atom. The van der Waals surface area contributed by atoms with Gasteiger partial charge in [-0.2, -0.15) is 35.0 Å². The quantitative estimate of drug-likeness (QED) is 0.219. The summed E-state index contributed by atoms with van der Waals surface area (Å²) in [7, 11) is -8.19. The van der Waals surface area contributed by atoms with Crippen molar-refractivity contribution in [3.8, 4) is 11.5 Å². The Hall–Kier alpha value is -4.06. The number of guanidine groups is 2. The molecule has 3 aromatic rings. The first-order valence-electron chi connectivity index (χ1n) is 12.8. The number of nitrogens with zero attached hydrogens (tertiary/aromatic N) is 3. The number of aliphatic imine (C=N–C) groups is 2. The molecule has 0 saturated carbocycles. The Bertz CT molecular complexity index is 1820. The molecule has 1 heterocycles. The van der Waals surface area contributed by atoms with Crippen molar-refractivity contribution in [3.05, 3.63) is 82.9 Å². The highest BCUT2D eigenvalue weighted by Crippen LogP contribution is 2.37. The van der Waals surface area contributed by atoms with Gasteiger partial charge in [-0.25, -0.2) is 4.99 Å². The molecule has 5 N–H and O–H groups in total. The van der Waals surface area contributed by atoms with Crippen molar-refractivity contribution in [2.75, 3.05) is 10.7 Å². The standard InChI is InChI=1S/C25H23ClF3N5O4S.C2H6O3S/c1-24(2)33-22(30)32-23(31)34(24)16-9-12-21(19(26)13-16)37-14-15-7-10-17(11-8-15)39(35,36)38-20-6-4-3-5-18(20)25(27,28)29;1-2-6(3,4)5/h3-13H,14H2,1-2H3,(H4,30,31,32,33);2H2,1H3,(H,3,4,5). The van der Waals surface area contributed by atoms with E-state index in [1.54, 1.807) is 23.1 Å². The van der Waals surface area contributed by atoms with Crippen LogP contribution >= 0.6 is 11.6 Å². The maximum Gasteiger partial charge on any atom is 0.420 e. The second-order valence-electron chi connectivity index (χ2n) is 9.72. The molecule has 4 rings (SSSR count). The van der Waals surface area contributed by atoms with E-state index in [4.69, 9.17) is 36.5 Å². The van der Waals surface area contributed by atoms with Crippen LogP contribution in [0.25, 0.3) is 0 Å². The third-order valence-corrected chi connectivity index (χ3v) is 8.20. The van der Waals surface area contributed by atoms with Gasteiger partial charge in [0.1, 0.15) is 22.9 Å². The number of halogens is 4. The van der Waals surface area contributed by atoms with Gasteiger partial charge in [0, 0.05) is 5.69 Å². The zero-order valence-corrected chi connectivity index (χ0v) is 26.4. The molecule has 0 atom stereocenters. The minimum atomic E-state index is -4.78. The molecule has 0 aromatic heterocycles. The van der Waals surface area contributed by atoms with Gasteiger partial charge < -0.3 is 20.4 Å². The second kappa shape index (κ2) is 13.5. The van der Waals surface area contributed by atoms with Gasteiger partial charge in [-0.3, -0.25) is 9.45 Å². The molecule has 1 aliphatic heterocycles. The van der Waals surface area contributed by atoms with Gasteiger partial charge in [0.25, 0.3) is 10.1 Å². The van der Waals surface area contributed by atoms with Gasteiger partial charge in [0.15, 0.2) is 5.75 Å². The van der Waals surface area contributed by atoms with Gasteiger partial charge in [0.2, 0.25) is 11.9 Å². The number of para-hydroxylation sites is 1. The van der Waals surface area contributed by atoms with Crippen LogP contribution in [0, 0.1) is 0 Å². The maximum absolute atomic E-state index is 13.2. The highest BCUT2D eigenvalue weighted by atomic mass is 35.5. The average molecular weight is 692 g/mol. The van der Waals surface area contributed by atoms with Gasteiger partial charge >= 0.3 is 16.3 Å². The van der Waals surface area contributed by atoms with Crippen molar-refractivity contribution in [1.29, 1.82) is 0 Å². The third kappa shape index (κ3) is 9.46. The zero-order valence-electron chi connectivity index (χ0n) is 24.0. The summed E-state index contributed by atoms with van der Waals surface area (Å²) < 4.78 is 102. The van der Waals surface area contributed by atoms with Gasteiger partial charge in [-0.1, -0.05) is 35.9 Å². The number of nitrogens with two attached hydrogens (primary N) is 2. The van der Waals surface area contributed by atoms with E-state index in [1.807, 2.05) is 13.8 Å². The molecule has 3 aromatic carbocycles. The minimum Gasteiger partial charge on any atom is -0.487 e. The molecule has 0 amide bonds. The molecule has 0 saturated heterocycles. The predicted octanol–water partition coefficient (Wildman–Crippen LogP) is 4.79. The Balaban J connectivity index is 0.000000838. The van der Waals surface area contributed by atoms with Gasteiger partial charge in [-0.05, 0) is 68.8 Å². The van der Waals surface area contributed by atoms with E-state index < -0.39 is 43.4 Å². The lowest BCUT2D eigenvalue weighted by molar-refractivity contribution is -0.138. The Labute approximate surface area is 263 Å². The maximum atomic E-state index is 13.2. The van der Waals surface area contributed by atoms with E-state index >= 15 is 0 Å². The van der Waals surface area contributed by atoms with E-state index in [1.165, 1.54) is 37.3 Å². The van der Waals surface area contributed by atoms with Crippen molar-refractivity contribution < 1.29 is 43.5 Å². The van der Waals surface area contributed by atoms with E-state index in [0.717, 1.165) is 18.2 Å². The number of ether oxygens (including phenoxy) is 1. The number of benzene rings is 3. The van der Waals surface area contributed by atoms with Crippen molar-refractivity contribution in [1.82, 2.24) is 0 Å². The molecule has 0 spiro atoms. The predicted molar refractivity (Wildman–Crippen MR) is 163 cm³/mol. The second-order valence-corrected chi connectivity index (χ2v) is 13.4. The lowest BCUT2D eigenvalue weighted by Gasteiger charge is -2.38. The van der Waals surface area contributed by atoms with Crippen LogP contribution in [0.15, 0.2) is 81.6 Å². The van der Waals surface area contributed by atoms with Crippen LogP contribution in [0.5, 0.6) is 11.5 Å². The molecule has 0 bridgehead atoms. The molecule has 0 unspecified atom stereocenters. The molecule has 12 nitrogen and oxygen atoms in total. The summed E-state index contributed by atoms with van der Waals surface area (Å²) in [6.07, 6.45) is -4.78. The Morgan fingerprint density at radius 2 is 1.58 bits per heavy atom. The summed E-state index contributed by atoms with van der Waals surface area (Å²) in [4.78, 5) is 9.63. The zero-order chi connectivity index (χ0) is 33.8.